The summed E-state index contributed by atoms with van der Waals surface area (Å²) in [5.41, 5.74) is 1.37. The highest BCUT2D eigenvalue weighted by molar-refractivity contribution is 5.81. The summed E-state index contributed by atoms with van der Waals surface area (Å²) in [6.45, 7) is 6.00. The smallest absolute Gasteiger partial charge is 0.237 e. The maximum Gasteiger partial charge on any atom is 0.237 e. The van der Waals surface area contributed by atoms with Crippen LogP contribution in [0, 0.1) is 5.92 Å². The van der Waals surface area contributed by atoms with Gasteiger partial charge in [0.05, 0.1) is 12.1 Å². The van der Waals surface area contributed by atoms with Gasteiger partial charge in [-0.3, -0.25) is 9.69 Å². The van der Waals surface area contributed by atoms with Crippen LogP contribution in [-0.4, -0.2) is 54.7 Å². The minimum absolute atomic E-state index is 0.133. The monoisotopic (exact) mass is 385 g/mol. The molecule has 4 unspecified atom stereocenters. The number of benzene rings is 1. The fourth-order valence-electron chi connectivity index (χ4n) is 5.18. The quantitative estimate of drug-likeness (QED) is 0.791. The molecule has 5 heteroatoms. The molecule has 154 valence electrons. The molecular weight excluding hydrogens is 350 g/mol. The number of hydrogen-bond donors (Lipinski definition) is 2. The molecule has 0 bridgehead atoms. The molecule has 2 N–H and O–H groups in total. The van der Waals surface area contributed by atoms with Crippen molar-refractivity contribution in [2.75, 3.05) is 19.7 Å². The number of amides is 1. The van der Waals surface area contributed by atoms with Gasteiger partial charge in [-0.25, -0.2) is 0 Å². The fraction of sp³-hybridized carbons (Fsp3) is 0.696. The van der Waals surface area contributed by atoms with Gasteiger partial charge < -0.3 is 15.4 Å². The number of piperidine rings is 1. The molecule has 1 amide bonds. The van der Waals surface area contributed by atoms with Crippen molar-refractivity contribution in [2.45, 2.75) is 76.2 Å². The average Bonchev–Trinajstić information content (AvgIpc) is 3.20. The van der Waals surface area contributed by atoms with E-state index in [4.69, 9.17) is 4.74 Å². The summed E-state index contributed by atoms with van der Waals surface area (Å²) in [5, 5.41) is 6.91. The van der Waals surface area contributed by atoms with E-state index in [2.05, 4.69) is 45.9 Å². The van der Waals surface area contributed by atoms with E-state index in [1.165, 1.54) is 24.8 Å². The molecule has 1 aromatic carbocycles. The van der Waals surface area contributed by atoms with E-state index < -0.39 is 0 Å². The first-order chi connectivity index (χ1) is 13.7. The van der Waals surface area contributed by atoms with E-state index in [-0.39, 0.29) is 11.9 Å². The van der Waals surface area contributed by atoms with Crippen LogP contribution in [-0.2, 0) is 16.1 Å². The molecule has 3 fully saturated rings. The largest absolute Gasteiger partial charge is 0.378 e. The summed E-state index contributed by atoms with van der Waals surface area (Å²) in [4.78, 5) is 15.2. The Labute approximate surface area is 169 Å². The third-order valence-electron chi connectivity index (χ3n) is 6.82. The molecular formula is C23H35N3O2. The minimum Gasteiger partial charge on any atom is -0.378 e. The van der Waals surface area contributed by atoms with Gasteiger partial charge >= 0.3 is 0 Å². The van der Waals surface area contributed by atoms with Gasteiger partial charge in [-0.05, 0) is 51.0 Å². The number of carbonyl (C=O) groups is 1. The summed E-state index contributed by atoms with van der Waals surface area (Å²) < 4.78 is 5.86. The van der Waals surface area contributed by atoms with Crippen LogP contribution in [0.1, 0.15) is 51.0 Å². The number of likely N-dealkylation sites (tertiary alicyclic amines) is 1. The summed E-state index contributed by atoms with van der Waals surface area (Å²) in [5.74, 6) is 0.743. The lowest BCUT2D eigenvalue weighted by molar-refractivity contribution is -0.124. The first-order valence-electron chi connectivity index (χ1n) is 11.1. The Morgan fingerprint density at radius 1 is 1.14 bits per heavy atom. The molecule has 2 aliphatic heterocycles. The lowest BCUT2D eigenvalue weighted by Crippen LogP contribution is -2.54. The Hall–Kier alpha value is -1.43. The molecule has 5 nitrogen and oxygen atoms in total. The number of carbonyl (C=O) groups excluding carboxylic acids is 1. The van der Waals surface area contributed by atoms with Gasteiger partial charge in [0.15, 0.2) is 0 Å². The molecule has 2 saturated heterocycles. The van der Waals surface area contributed by atoms with Crippen molar-refractivity contribution in [3.05, 3.63) is 35.9 Å². The zero-order valence-electron chi connectivity index (χ0n) is 17.1. The van der Waals surface area contributed by atoms with Crippen molar-refractivity contribution < 1.29 is 9.53 Å². The number of ether oxygens (including phenoxy) is 1. The second-order valence-corrected chi connectivity index (χ2v) is 8.83. The van der Waals surface area contributed by atoms with Crippen LogP contribution in [0.15, 0.2) is 30.3 Å². The summed E-state index contributed by atoms with van der Waals surface area (Å²) in [6.07, 6.45) is 7.17. The first-order valence-corrected chi connectivity index (χ1v) is 11.1. The van der Waals surface area contributed by atoms with Crippen molar-refractivity contribution in [3.63, 3.8) is 0 Å². The van der Waals surface area contributed by atoms with E-state index in [0.717, 1.165) is 45.5 Å². The molecule has 1 aliphatic carbocycles. The van der Waals surface area contributed by atoms with Crippen LogP contribution in [0.5, 0.6) is 0 Å². The van der Waals surface area contributed by atoms with Gasteiger partial charge in [0, 0.05) is 44.2 Å². The number of rotatable bonds is 6. The van der Waals surface area contributed by atoms with Crippen LogP contribution in [0.3, 0.4) is 0 Å². The predicted octanol–water partition coefficient (Wildman–Crippen LogP) is 2.70. The van der Waals surface area contributed by atoms with Gasteiger partial charge in [0.1, 0.15) is 0 Å². The van der Waals surface area contributed by atoms with Crippen molar-refractivity contribution in [1.29, 1.82) is 0 Å². The Morgan fingerprint density at radius 3 is 2.71 bits per heavy atom. The van der Waals surface area contributed by atoms with Crippen LogP contribution in [0.25, 0.3) is 0 Å². The number of nitrogens with zero attached hydrogens (tertiary/aromatic N) is 1. The third-order valence-corrected chi connectivity index (χ3v) is 6.82. The highest BCUT2D eigenvalue weighted by atomic mass is 16.5. The van der Waals surface area contributed by atoms with E-state index in [0.29, 0.717) is 24.1 Å². The van der Waals surface area contributed by atoms with Crippen molar-refractivity contribution in [2.24, 2.45) is 5.92 Å². The minimum atomic E-state index is -0.133. The fourth-order valence-corrected chi connectivity index (χ4v) is 5.18. The molecule has 0 radical (unpaired) electrons. The molecule has 2 heterocycles. The van der Waals surface area contributed by atoms with E-state index in [1.807, 2.05) is 6.92 Å². The molecule has 4 rings (SSSR count). The topological polar surface area (TPSA) is 53.6 Å². The molecule has 1 saturated carbocycles. The lowest BCUT2D eigenvalue weighted by atomic mass is 9.81. The van der Waals surface area contributed by atoms with Gasteiger partial charge in [-0.1, -0.05) is 30.3 Å². The maximum atomic E-state index is 12.7. The molecule has 28 heavy (non-hydrogen) atoms. The molecule has 0 spiro atoms. The molecule has 0 aromatic heterocycles. The van der Waals surface area contributed by atoms with Gasteiger partial charge in [0.2, 0.25) is 5.91 Å². The highest BCUT2D eigenvalue weighted by Crippen LogP contribution is 2.34. The number of fused-ring (bicyclic) bond motifs is 1. The van der Waals surface area contributed by atoms with E-state index >= 15 is 0 Å². The first kappa shape index (κ1) is 19.9. The Morgan fingerprint density at radius 2 is 1.93 bits per heavy atom. The molecule has 1 aromatic rings. The highest BCUT2D eigenvalue weighted by Gasteiger charge is 2.38. The van der Waals surface area contributed by atoms with Gasteiger partial charge in [-0.2, -0.15) is 0 Å². The van der Waals surface area contributed by atoms with Crippen LogP contribution < -0.4 is 10.6 Å². The zero-order chi connectivity index (χ0) is 19.3. The number of hydrogen-bond acceptors (Lipinski definition) is 4. The Kier molecular flexibility index (Phi) is 6.65. The van der Waals surface area contributed by atoms with Gasteiger partial charge in [0.25, 0.3) is 0 Å². The SMILES string of the molecule is CC(NC1CCCC2OCCC12)C(=O)NC1CCN(Cc2ccccc2)CC1. The van der Waals surface area contributed by atoms with Crippen molar-refractivity contribution in [3.8, 4) is 0 Å². The third kappa shape index (κ3) is 4.94. The van der Waals surface area contributed by atoms with E-state index in [9.17, 15) is 4.79 Å². The summed E-state index contributed by atoms with van der Waals surface area (Å²) in [7, 11) is 0. The lowest BCUT2D eigenvalue weighted by Gasteiger charge is -2.36. The number of nitrogens with one attached hydrogen (secondary N) is 2. The zero-order valence-corrected chi connectivity index (χ0v) is 17.1. The Bertz CT molecular complexity index is 630. The normalized spacial score (nSPS) is 30.0. The summed E-state index contributed by atoms with van der Waals surface area (Å²) in [6, 6.07) is 11.2. The van der Waals surface area contributed by atoms with E-state index in [1.54, 1.807) is 0 Å². The second-order valence-electron chi connectivity index (χ2n) is 8.83. The maximum absolute atomic E-state index is 12.7. The van der Waals surface area contributed by atoms with Crippen LogP contribution >= 0.6 is 0 Å². The second kappa shape index (κ2) is 9.38. The van der Waals surface area contributed by atoms with Crippen LogP contribution in [0.2, 0.25) is 0 Å². The molecule has 4 atom stereocenters. The van der Waals surface area contributed by atoms with Crippen LogP contribution in [0.4, 0.5) is 0 Å². The Balaban J connectivity index is 1.20. The summed E-state index contributed by atoms with van der Waals surface area (Å²) >= 11 is 0. The standard InChI is InChI=1S/C23H35N3O2/c1-17(24-21-8-5-9-22-20(21)12-15-28-22)23(27)25-19-10-13-26(14-11-19)16-18-6-3-2-4-7-18/h2-4,6-7,17,19-22,24H,5,8-16H2,1H3,(H,25,27). The average molecular weight is 386 g/mol. The molecule has 3 aliphatic rings. The van der Waals surface area contributed by atoms with Crippen molar-refractivity contribution >= 4 is 5.91 Å². The van der Waals surface area contributed by atoms with Crippen molar-refractivity contribution in [1.82, 2.24) is 15.5 Å². The van der Waals surface area contributed by atoms with Gasteiger partial charge in [-0.15, -0.1) is 0 Å². The predicted molar refractivity (Wildman–Crippen MR) is 111 cm³/mol.